The third-order valence-corrected chi connectivity index (χ3v) is 4.90. The molecule has 120 valence electrons. The van der Waals surface area contributed by atoms with Crippen LogP contribution >= 0.6 is 0 Å². The second-order valence-corrected chi connectivity index (χ2v) is 6.48. The van der Waals surface area contributed by atoms with Gasteiger partial charge >= 0.3 is 0 Å². The summed E-state index contributed by atoms with van der Waals surface area (Å²) in [5.74, 6) is 0.818. The number of benzene rings is 1. The van der Waals surface area contributed by atoms with Crippen LogP contribution in [0.3, 0.4) is 0 Å². The molecule has 0 spiro atoms. The quantitative estimate of drug-likeness (QED) is 0.655. The van der Waals surface area contributed by atoms with Crippen LogP contribution in [-0.4, -0.2) is 0 Å². The highest BCUT2D eigenvalue weighted by Gasteiger charge is 2.20. The van der Waals surface area contributed by atoms with Gasteiger partial charge < -0.3 is 0 Å². The van der Waals surface area contributed by atoms with Gasteiger partial charge in [-0.05, 0) is 61.3 Å². The Balaban J connectivity index is 1.66. The van der Waals surface area contributed by atoms with Crippen LogP contribution in [0.1, 0.15) is 56.1 Å². The maximum absolute atomic E-state index is 12.7. The first-order valence-corrected chi connectivity index (χ1v) is 8.46. The lowest BCUT2D eigenvalue weighted by Crippen LogP contribution is -2.15. The summed E-state index contributed by atoms with van der Waals surface area (Å²) >= 11 is 0. The summed E-state index contributed by atoms with van der Waals surface area (Å²) in [7, 11) is 0. The highest BCUT2D eigenvalue weighted by Crippen LogP contribution is 2.34. The van der Waals surface area contributed by atoms with Crippen molar-refractivity contribution < 1.29 is 4.39 Å². The van der Waals surface area contributed by atoms with Gasteiger partial charge in [0, 0.05) is 0 Å². The predicted octanol–water partition coefficient (Wildman–Crippen LogP) is 5.45. The molecule has 1 aromatic carbocycles. The van der Waals surface area contributed by atoms with Crippen molar-refractivity contribution in [1.29, 1.82) is 10.5 Å². The summed E-state index contributed by atoms with van der Waals surface area (Å²) in [6.07, 6.45) is 10.3. The number of nitriles is 2. The Bertz CT molecular complexity index is 596. The van der Waals surface area contributed by atoms with Crippen LogP contribution in [0.2, 0.25) is 0 Å². The van der Waals surface area contributed by atoms with Crippen LogP contribution in [0.4, 0.5) is 4.39 Å². The van der Waals surface area contributed by atoms with Gasteiger partial charge in [-0.15, -0.1) is 0 Å². The van der Waals surface area contributed by atoms with Crippen molar-refractivity contribution in [3.63, 3.8) is 0 Å². The first kappa shape index (κ1) is 17.2. The average molecular weight is 310 g/mol. The van der Waals surface area contributed by atoms with E-state index in [1.165, 1.54) is 49.8 Å². The lowest BCUT2D eigenvalue weighted by molar-refractivity contribution is 0.254. The molecular weight excluding hydrogens is 287 g/mol. The Morgan fingerprint density at radius 1 is 1.04 bits per heavy atom. The van der Waals surface area contributed by atoms with Crippen LogP contribution in [-0.2, 0) is 6.42 Å². The van der Waals surface area contributed by atoms with Crippen molar-refractivity contribution in [3.05, 3.63) is 47.3 Å². The molecule has 1 saturated carbocycles. The largest absolute Gasteiger partial charge is 0.196 e. The van der Waals surface area contributed by atoms with Gasteiger partial charge in [0.25, 0.3) is 0 Å². The first-order valence-electron chi connectivity index (χ1n) is 8.46. The van der Waals surface area contributed by atoms with Gasteiger partial charge in [-0.25, -0.2) is 0 Å². The maximum Gasteiger partial charge on any atom is 0.196 e. The topological polar surface area (TPSA) is 47.6 Å². The maximum atomic E-state index is 12.7. The minimum absolute atomic E-state index is 0.652. The zero-order valence-electron chi connectivity index (χ0n) is 13.5. The molecule has 0 N–H and O–H groups in total. The van der Waals surface area contributed by atoms with Crippen molar-refractivity contribution in [2.24, 2.45) is 11.8 Å². The van der Waals surface area contributed by atoms with E-state index in [0.717, 1.165) is 24.3 Å². The lowest BCUT2D eigenvalue weighted by atomic mass is 9.78. The standard InChI is InChI=1S/C20H23FN2/c21-20(15-23)3-1-2-16-4-6-17(7-5-16)8-9-18-10-12-19(14-22)13-11-18/h3,10-13,16-17H,1-2,4-9H2/b20-3-/t16-,17-. The van der Waals surface area contributed by atoms with Gasteiger partial charge in [0.05, 0.1) is 11.6 Å². The summed E-state index contributed by atoms with van der Waals surface area (Å²) in [6.45, 7) is 0. The van der Waals surface area contributed by atoms with E-state index in [-0.39, 0.29) is 0 Å². The van der Waals surface area contributed by atoms with E-state index in [1.54, 1.807) is 0 Å². The van der Waals surface area contributed by atoms with Crippen LogP contribution in [0.5, 0.6) is 0 Å². The van der Waals surface area contributed by atoms with Crippen LogP contribution in [0.25, 0.3) is 0 Å². The number of aryl methyl sites for hydroxylation is 1. The SMILES string of the molecule is N#C/C(F)=C/CC[C@H]1CC[C@H](CCc2ccc(C#N)cc2)CC1. The third-order valence-electron chi connectivity index (χ3n) is 4.90. The molecule has 23 heavy (non-hydrogen) atoms. The number of allylic oxidation sites excluding steroid dienone is 2. The minimum Gasteiger partial charge on any atom is -0.195 e. The summed E-state index contributed by atoms with van der Waals surface area (Å²) in [6, 6.07) is 11.6. The average Bonchev–Trinajstić information content (AvgIpc) is 2.61. The van der Waals surface area contributed by atoms with E-state index >= 15 is 0 Å². The van der Waals surface area contributed by atoms with E-state index in [2.05, 4.69) is 18.2 Å². The molecule has 0 saturated heterocycles. The van der Waals surface area contributed by atoms with E-state index in [1.807, 2.05) is 12.1 Å². The Morgan fingerprint density at radius 2 is 1.65 bits per heavy atom. The molecule has 1 aliphatic carbocycles. The molecule has 0 aliphatic heterocycles. The Morgan fingerprint density at radius 3 is 2.22 bits per heavy atom. The summed E-state index contributed by atoms with van der Waals surface area (Å²) in [5.41, 5.74) is 2.03. The molecule has 1 aliphatic rings. The van der Waals surface area contributed by atoms with Gasteiger partial charge in [0.1, 0.15) is 6.07 Å². The Kier molecular flexibility index (Phi) is 6.82. The predicted molar refractivity (Wildman–Crippen MR) is 89.0 cm³/mol. The normalized spacial score (nSPS) is 21.4. The van der Waals surface area contributed by atoms with E-state index in [4.69, 9.17) is 10.5 Å². The molecule has 0 bridgehead atoms. The molecule has 0 aromatic heterocycles. The summed E-state index contributed by atoms with van der Waals surface area (Å²) in [5, 5.41) is 17.2. The number of rotatable bonds is 6. The van der Waals surface area contributed by atoms with Crippen molar-refractivity contribution in [1.82, 2.24) is 0 Å². The molecule has 0 radical (unpaired) electrons. The number of halogens is 1. The van der Waals surface area contributed by atoms with Crippen molar-refractivity contribution in [2.45, 2.75) is 51.4 Å². The first-order chi connectivity index (χ1) is 11.2. The molecular formula is C20H23FN2. The Labute approximate surface area is 138 Å². The molecule has 0 amide bonds. The monoisotopic (exact) mass is 310 g/mol. The molecule has 2 rings (SSSR count). The molecule has 2 nitrogen and oxygen atoms in total. The number of hydrogen-bond acceptors (Lipinski definition) is 2. The van der Waals surface area contributed by atoms with Gasteiger partial charge in [0.15, 0.2) is 5.83 Å². The van der Waals surface area contributed by atoms with Crippen molar-refractivity contribution in [3.8, 4) is 12.1 Å². The van der Waals surface area contributed by atoms with Crippen LogP contribution in [0, 0.1) is 34.5 Å². The van der Waals surface area contributed by atoms with E-state index in [0.29, 0.717) is 12.3 Å². The van der Waals surface area contributed by atoms with Crippen LogP contribution < -0.4 is 0 Å². The second-order valence-electron chi connectivity index (χ2n) is 6.48. The highest BCUT2D eigenvalue weighted by molar-refractivity contribution is 5.31. The smallest absolute Gasteiger partial charge is 0.195 e. The summed E-state index contributed by atoms with van der Waals surface area (Å²) < 4.78 is 12.7. The number of hydrogen-bond donors (Lipinski definition) is 0. The van der Waals surface area contributed by atoms with Gasteiger partial charge in [-0.3, -0.25) is 0 Å². The zero-order valence-corrected chi connectivity index (χ0v) is 13.5. The molecule has 3 heteroatoms. The van der Waals surface area contributed by atoms with Gasteiger partial charge in [-0.1, -0.05) is 37.8 Å². The number of nitrogens with zero attached hydrogens (tertiary/aromatic N) is 2. The fourth-order valence-corrected chi connectivity index (χ4v) is 3.42. The van der Waals surface area contributed by atoms with Gasteiger partial charge in [-0.2, -0.15) is 14.9 Å². The molecule has 0 unspecified atom stereocenters. The zero-order chi connectivity index (χ0) is 16.5. The van der Waals surface area contributed by atoms with Crippen LogP contribution in [0.15, 0.2) is 36.2 Å². The third kappa shape index (κ3) is 5.87. The fraction of sp³-hybridized carbons (Fsp3) is 0.500. The van der Waals surface area contributed by atoms with Gasteiger partial charge in [0.2, 0.25) is 0 Å². The molecule has 0 heterocycles. The molecule has 1 fully saturated rings. The summed E-state index contributed by atoms with van der Waals surface area (Å²) in [4.78, 5) is 0. The molecule has 0 atom stereocenters. The highest BCUT2D eigenvalue weighted by atomic mass is 19.1. The minimum atomic E-state index is -0.652. The van der Waals surface area contributed by atoms with E-state index < -0.39 is 5.83 Å². The lowest BCUT2D eigenvalue weighted by Gasteiger charge is -2.28. The van der Waals surface area contributed by atoms with E-state index in [9.17, 15) is 4.39 Å². The Hall–Kier alpha value is -2.13. The fourth-order valence-electron chi connectivity index (χ4n) is 3.42. The second kappa shape index (κ2) is 9.11. The van der Waals surface area contributed by atoms with Crippen molar-refractivity contribution in [2.75, 3.05) is 0 Å². The molecule has 1 aromatic rings. The van der Waals surface area contributed by atoms with Crippen molar-refractivity contribution >= 4 is 0 Å².